The molecule has 1 aromatic heterocycles. The summed E-state index contributed by atoms with van der Waals surface area (Å²) in [4.78, 5) is 23.0. The van der Waals surface area contributed by atoms with Crippen LogP contribution in [0.15, 0.2) is 47.7 Å². The smallest absolute Gasteiger partial charge is 0.252 e. The Morgan fingerprint density at radius 1 is 1.21 bits per heavy atom. The van der Waals surface area contributed by atoms with E-state index >= 15 is 0 Å². The van der Waals surface area contributed by atoms with Crippen LogP contribution in [0.5, 0.6) is 11.5 Å². The van der Waals surface area contributed by atoms with Crippen molar-refractivity contribution < 1.29 is 14.3 Å². The normalized spacial score (nSPS) is 15.4. The molecule has 1 atom stereocenters. The molecule has 1 aliphatic rings. The second-order valence-corrected chi connectivity index (χ2v) is 7.41. The van der Waals surface area contributed by atoms with Gasteiger partial charge < -0.3 is 30.3 Å². The Balaban J connectivity index is 0.00000385. The van der Waals surface area contributed by atoms with E-state index in [0.717, 1.165) is 49.2 Å². The molecule has 0 spiro atoms. The first-order chi connectivity index (χ1) is 15.6. The molecule has 0 aliphatic carbocycles. The molecule has 3 rings (SSSR count). The maximum atomic E-state index is 12.1. The van der Waals surface area contributed by atoms with Crippen molar-refractivity contribution in [3.8, 4) is 11.5 Å². The summed E-state index contributed by atoms with van der Waals surface area (Å²) in [5.41, 5.74) is 1.62. The Morgan fingerprint density at radius 2 is 1.97 bits per heavy atom. The highest BCUT2D eigenvalue weighted by molar-refractivity contribution is 14.0. The molecule has 33 heavy (non-hydrogen) atoms. The van der Waals surface area contributed by atoms with Crippen molar-refractivity contribution in [1.29, 1.82) is 0 Å². The van der Waals surface area contributed by atoms with Gasteiger partial charge in [-0.3, -0.25) is 14.8 Å². The number of hydrogen-bond donors (Lipinski definition) is 3. The number of carbonyl (C=O) groups excluding carboxylic acids is 1. The van der Waals surface area contributed by atoms with Crippen molar-refractivity contribution in [2.45, 2.75) is 19.4 Å². The number of carbonyl (C=O) groups is 1. The fourth-order valence-electron chi connectivity index (χ4n) is 3.54. The average molecular weight is 568 g/mol. The minimum atomic E-state index is -0.147. The second kappa shape index (κ2) is 13.7. The number of nitrogens with one attached hydrogen (secondary N) is 3. The number of rotatable bonds is 9. The van der Waals surface area contributed by atoms with Gasteiger partial charge in [-0.05, 0) is 25.5 Å². The highest BCUT2D eigenvalue weighted by Gasteiger charge is 2.24. The molecule has 2 aromatic rings. The molecule has 2 heterocycles. The lowest BCUT2D eigenvalue weighted by molar-refractivity contribution is 0.0954. The number of methoxy groups -OCH3 is 2. The van der Waals surface area contributed by atoms with E-state index in [-0.39, 0.29) is 35.9 Å². The van der Waals surface area contributed by atoms with E-state index in [1.54, 1.807) is 38.7 Å². The van der Waals surface area contributed by atoms with Gasteiger partial charge in [0.05, 0.1) is 26.3 Å². The van der Waals surface area contributed by atoms with Crippen LogP contribution in [-0.4, -0.2) is 69.8 Å². The Labute approximate surface area is 212 Å². The van der Waals surface area contributed by atoms with Crippen LogP contribution in [-0.2, 0) is 0 Å². The van der Waals surface area contributed by atoms with E-state index in [1.807, 2.05) is 25.1 Å². The van der Waals surface area contributed by atoms with Gasteiger partial charge >= 0.3 is 0 Å². The summed E-state index contributed by atoms with van der Waals surface area (Å²) in [6.45, 7) is 5.49. The van der Waals surface area contributed by atoms with Gasteiger partial charge in [-0.25, -0.2) is 0 Å². The minimum Gasteiger partial charge on any atom is -0.497 e. The van der Waals surface area contributed by atoms with E-state index in [4.69, 9.17) is 9.47 Å². The average Bonchev–Trinajstić information content (AvgIpc) is 3.30. The van der Waals surface area contributed by atoms with Crippen LogP contribution in [0.2, 0.25) is 0 Å². The predicted molar refractivity (Wildman–Crippen MR) is 141 cm³/mol. The molecule has 1 saturated heterocycles. The largest absolute Gasteiger partial charge is 0.497 e. The van der Waals surface area contributed by atoms with E-state index in [0.29, 0.717) is 18.7 Å². The van der Waals surface area contributed by atoms with Crippen molar-refractivity contribution >= 4 is 41.5 Å². The zero-order chi connectivity index (χ0) is 22.8. The summed E-state index contributed by atoms with van der Waals surface area (Å²) in [6.07, 6.45) is 4.18. The summed E-state index contributed by atoms with van der Waals surface area (Å²) in [5.74, 6) is 2.16. The zero-order valence-corrected chi connectivity index (χ0v) is 21.7. The van der Waals surface area contributed by atoms with Crippen LogP contribution >= 0.6 is 24.0 Å². The lowest BCUT2D eigenvalue weighted by Crippen LogP contribution is -2.45. The van der Waals surface area contributed by atoms with E-state index < -0.39 is 0 Å². The van der Waals surface area contributed by atoms with Crippen molar-refractivity contribution in [1.82, 2.24) is 20.9 Å². The van der Waals surface area contributed by atoms with Gasteiger partial charge in [-0.1, -0.05) is 0 Å². The predicted octanol–water partition coefficient (Wildman–Crippen LogP) is 2.28. The summed E-state index contributed by atoms with van der Waals surface area (Å²) in [5, 5.41) is 9.65. The first kappa shape index (κ1) is 26.5. The number of hydrogen-bond acceptors (Lipinski definition) is 6. The molecule has 10 heteroatoms. The third kappa shape index (κ3) is 7.95. The molecule has 3 N–H and O–H groups in total. The van der Waals surface area contributed by atoms with Crippen LogP contribution in [0.3, 0.4) is 0 Å². The number of guanidine groups is 1. The number of aromatic nitrogens is 1. The van der Waals surface area contributed by atoms with Gasteiger partial charge in [0.15, 0.2) is 5.96 Å². The highest BCUT2D eigenvalue weighted by Crippen LogP contribution is 2.30. The van der Waals surface area contributed by atoms with Crippen LogP contribution in [0.1, 0.15) is 23.7 Å². The number of nitrogens with zero attached hydrogens (tertiary/aromatic N) is 3. The third-order valence-electron chi connectivity index (χ3n) is 5.17. The van der Waals surface area contributed by atoms with Gasteiger partial charge in [0.25, 0.3) is 5.91 Å². The molecule has 0 radical (unpaired) electrons. The maximum absolute atomic E-state index is 12.1. The Bertz CT molecular complexity index is 890. The standard InChI is InChI=1S/C23H32N6O3.HI/c1-4-25-23(27-10-9-26-22(30)17-6-5-8-24-15-17)28-18-7-11-29(16-18)19-12-20(31-2)14-21(13-19)32-3;/h5-6,8,12-15,18H,4,7,9-11,16H2,1-3H3,(H,26,30)(H2,25,27,28);1H. The number of pyridine rings is 1. The quantitative estimate of drug-likeness (QED) is 0.185. The van der Waals surface area contributed by atoms with Crippen molar-refractivity contribution in [3.05, 3.63) is 48.3 Å². The van der Waals surface area contributed by atoms with E-state index in [1.165, 1.54) is 0 Å². The van der Waals surface area contributed by atoms with Crippen LogP contribution in [0.4, 0.5) is 5.69 Å². The fourth-order valence-corrected chi connectivity index (χ4v) is 3.54. The molecular weight excluding hydrogens is 535 g/mol. The summed E-state index contributed by atoms with van der Waals surface area (Å²) < 4.78 is 10.8. The summed E-state index contributed by atoms with van der Waals surface area (Å²) in [6, 6.07) is 9.66. The first-order valence-corrected chi connectivity index (χ1v) is 10.8. The molecule has 1 aromatic carbocycles. The number of halogens is 1. The SMILES string of the molecule is CCNC(=NCCNC(=O)c1cccnc1)NC1CCN(c2cc(OC)cc(OC)c2)C1.I. The number of benzene rings is 1. The van der Waals surface area contributed by atoms with Crippen LogP contribution in [0, 0.1) is 0 Å². The topological polar surface area (TPSA) is 100 Å². The lowest BCUT2D eigenvalue weighted by atomic mass is 10.2. The second-order valence-electron chi connectivity index (χ2n) is 7.41. The molecule has 1 amide bonds. The molecule has 0 saturated carbocycles. The number of aliphatic imine (C=N–C) groups is 1. The van der Waals surface area contributed by atoms with Gasteiger partial charge in [0.2, 0.25) is 0 Å². The zero-order valence-electron chi connectivity index (χ0n) is 19.3. The number of anilines is 1. The number of amides is 1. The van der Waals surface area contributed by atoms with Gasteiger partial charge in [0, 0.05) is 68.5 Å². The molecule has 1 aliphatic heterocycles. The van der Waals surface area contributed by atoms with Gasteiger partial charge in [0.1, 0.15) is 11.5 Å². The Morgan fingerprint density at radius 3 is 2.61 bits per heavy atom. The third-order valence-corrected chi connectivity index (χ3v) is 5.17. The Hall–Kier alpha value is -2.76. The van der Waals surface area contributed by atoms with Crippen LogP contribution in [0.25, 0.3) is 0 Å². The van der Waals surface area contributed by atoms with Gasteiger partial charge in [-0.15, -0.1) is 24.0 Å². The van der Waals surface area contributed by atoms with E-state index in [2.05, 4.69) is 30.8 Å². The highest BCUT2D eigenvalue weighted by atomic mass is 127. The lowest BCUT2D eigenvalue weighted by Gasteiger charge is -2.21. The van der Waals surface area contributed by atoms with Crippen LogP contribution < -0.4 is 30.3 Å². The maximum Gasteiger partial charge on any atom is 0.252 e. The molecule has 1 unspecified atom stereocenters. The fraction of sp³-hybridized carbons (Fsp3) is 0.435. The monoisotopic (exact) mass is 568 g/mol. The van der Waals surface area contributed by atoms with Crippen molar-refractivity contribution in [2.24, 2.45) is 4.99 Å². The number of ether oxygens (including phenoxy) is 2. The van der Waals surface area contributed by atoms with Crippen molar-refractivity contribution in [2.75, 3.05) is 51.8 Å². The molecule has 9 nitrogen and oxygen atoms in total. The summed E-state index contributed by atoms with van der Waals surface area (Å²) >= 11 is 0. The van der Waals surface area contributed by atoms with Crippen molar-refractivity contribution in [3.63, 3.8) is 0 Å². The van der Waals surface area contributed by atoms with Gasteiger partial charge in [-0.2, -0.15) is 0 Å². The first-order valence-electron chi connectivity index (χ1n) is 10.8. The molecule has 1 fully saturated rings. The van der Waals surface area contributed by atoms with E-state index in [9.17, 15) is 4.79 Å². The Kier molecular flexibility index (Phi) is 11.0. The molecule has 0 bridgehead atoms. The molecule has 180 valence electrons. The minimum absolute atomic E-state index is 0. The summed E-state index contributed by atoms with van der Waals surface area (Å²) in [7, 11) is 3.32. The molecular formula is C23H33IN6O3.